The molecule has 1 rings (SSSR count). The van der Waals surface area contributed by atoms with Gasteiger partial charge in [-0.3, -0.25) is 0 Å². The van der Waals surface area contributed by atoms with Crippen molar-refractivity contribution < 1.29 is 23.1 Å². The lowest BCUT2D eigenvalue weighted by atomic mass is 10.2. The fourth-order valence-corrected chi connectivity index (χ4v) is 3.46. The molecule has 0 spiro atoms. The van der Waals surface area contributed by atoms with Gasteiger partial charge in [0.25, 0.3) is 0 Å². The Labute approximate surface area is 132 Å². The van der Waals surface area contributed by atoms with Crippen molar-refractivity contribution in [3.8, 4) is 0 Å². The molecule has 0 aliphatic heterocycles. The van der Waals surface area contributed by atoms with E-state index in [0.717, 1.165) is 0 Å². The van der Waals surface area contributed by atoms with Gasteiger partial charge in [0.2, 0.25) is 0 Å². The first-order chi connectivity index (χ1) is 9.75. The topological polar surface area (TPSA) is 92.7 Å². The molecule has 1 aromatic carbocycles. The predicted octanol–water partition coefficient (Wildman–Crippen LogP) is 1.72. The van der Waals surface area contributed by atoms with Gasteiger partial charge in [-0.1, -0.05) is 23.2 Å². The molecule has 0 aromatic heterocycles. The Morgan fingerprint density at radius 3 is 2.67 bits per heavy atom. The molecule has 0 atom stereocenters. The molecule has 118 valence electrons. The highest BCUT2D eigenvalue weighted by molar-refractivity contribution is 7.91. The number of hydrogen-bond acceptors (Lipinski definition) is 5. The molecular formula is C12H15Cl2NO5S. The molecule has 0 unspecified atom stereocenters. The lowest BCUT2D eigenvalue weighted by Gasteiger charge is -2.10. The molecule has 0 aliphatic rings. The summed E-state index contributed by atoms with van der Waals surface area (Å²) >= 11 is 11.9. The van der Waals surface area contributed by atoms with Gasteiger partial charge in [-0.25, -0.2) is 13.2 Å². The summed E-state index contributed by atoms with van der Waals surface area (Å²) in [6, 6.07) is 2.83. The minimum atomic E-state index is -3.61. The highest BCUT2D eigenvalue weighted by atomic mass is 35.5. The standard InChI is InChI=1S/C12H15Cl2NO5S/c1-8-9(13)2-3-10(12(8)14)21(18,19)7-15-4-5-20-6-11(16)17/h2-3,15H,4-7H2,1H3,(H,16,17). The summed E-state index contributed by atoms with van der Waals surface area (Å²) in [7, 11) is -3.61. The van der Waals surface area contributed by atoms with Crippen LogP contribution in [0.15, 0.2) is 17.0 Å². The van der Waals surface area contributed by atoms with Crippen LogP contribution in [0.25, 0.3) is 0 Å². The number of carbonyl (C=O) groups is 1. The van der Waals surface area contributed by atoms with E-state index in [0.29, 0.717) is 10.6 Å². The second kappa shape index (κ2) is 7.95. The number of carboxylic acid groups (broad SMARTS) is 1. The van der Waals surface area contributed by atoms with Crippen molar-refractivity contribution >= 4 is 39.0 Å². The zero-order valence-electron chi connectivity index (χ0n) is 11.2. The minimum absolute atomic E-state index is 0.00465. The van der Waals surface area contributed by atoms with Crippen LogP contribution in [0, 0.1) is 6.92 Å². The van der Waals surface area contributed by atoms with Gasteiger partial charge >= 0.3 is 5.97 Å². The predicted molar refractivity (Wildman–Crippen MR) is 79.7 cm³/mol. The largest absolute Gasteiger partial charge is 0.480 e. The molecule has 1 aromatic rings. The van der Waals surface area contributed by atoms with Crippen molar-refractivity contribution in [3.05, 3.63) is 27.7 Å². The van der Waals surface area contributed by atoms with E-state index in [2.05, 4.69) is 5.32 Å². The van der Waals surface area contributed by atoms with Gasteiger partial charge in [0.15, 0.2) is 9.84 Å². The Morgan fingerprint density at radius 1 is 1.38 bits per heavy atom. The maximum absolute atomic E-state index is 12.1. The quantitative estimate of drug-likeness (QED) is 0.689. The maximum Gasteiger partial charge on any atom is 0.329 e. The van der Waals surface area contributed by atoms with Crippen LogP contribution in [-0.4, -0.2) is 45.1 Å². The Bertz CT molecular complexity index is 618. The molecule has 0 heterocycles. The fraction of sp³-hybridized carbons (Fsp3) is 0.417. The number of ether oxygens (including phenoxy) is 1. The molecule has 0 amide bonds. The summed E-state index contributed by atoms with van der Waals surface area (Å²) in [5, 5.41) is 11.5. The molecule has 0 fully saturated rings. The SMILES string of the molecule is Cc1c(Cl)ccc(S(=O)(=O)CNCCOCC(=O)O)c1Cl. The first-order valence-electron chi connectivity index (χ1n) is 5.93. The Hall–Kier alpha value is -0.860. The van der Waals surface area contributed by atoms with E-state index in [1.807, 2.05) is 0 Å². The van der Waals surface area contributed by atoms with Gasteiger partial charge in [-0.2, -0.15) is 0 Å². The Kier molecular flexibility index (Phi) is 6.89. The van der Waals surface area contributed by atoms with Crippen LogP contribution in [0.1, 0.15) is 5.56 Å². The number of rotatable bonds is 8. The first-order valence-corrected chi connectivity index (χ1v) is 8.34. The van der Waals surface area contributed by atoms with Crippen molar-refractivity contribution in [3.63, 3.8) is 0 Å². The van der Waals surface area contributed by atoms with Crippen molar-refractivity contribution in [2.75, 3.05) is 25.6 Å². The number of carboxylic acids is 1. The van der Waals surface area contributed by atoms with E-state index in [1.54, 1.807) is 6.92 Å². The number of halogens is 2. The number of aliphatic carboxylic acids is 1. The lowest BCUT2D eigenvalue weighted by Crippen LogP contribution is -2.27. The second-order valence-corrected chi connectivity index (χ2v) is 6.93. The van der Waals surface area contributed by atoms with Gasteiger partial charge < -0.3 is 15.2 Å². The zero-order valence-corrected chi connectivity index (χ0v) is 13.6. The number of sulfone groups is 1. The average molecular weight is 356 g/mol. The Balaban J connectivity index is 2.59. The second-order valence-electron chi connectivity index (χ2n) is 4.19. The first kappa shape index (κ1) is 18.2. The number of nitrogens with one attached hydrogen (secondary N) is 1. The number of hydrogen-bond donors (Lipinski definition) is 2. The smallest absolute Gasteiger partial charge is 0.329 e. The van der Waals surface area contributed by atoms with Gasteiger partial charge in [-0.05, 0) is 24.6 Å². The third-order valence-corrected chi connectivity index (χ3v) is 5.16. The maximum atomic E-state index is 12.1. The van der Waals surface area contributed by atoms with Crippen LogP contribution in [0.4, 0.5) is 0 Å². The molecule has 9 heteroatoms. The van der Waals surface area contributed by atoms with Crippen molar-refractivity contribution in [1.82, 2.24) is 5.32 Å². The fourth-order valence-electron chi connectivity index (χ4n) is 1.46. The van der Waals surface area contributed by atoms with E-state index >= 15 is 0 Å². The van der Waals surface area contributed by atoms with Crippen LogP contribution in [-0.2, 0) is 19.4 Å². The monoisotopic (exact) mass is 355 g/mol. The van der Waals surface area contributed by atoms with Crippen LogP contribution in [0.3, 0.4) is 0 Å². The lowest BCUT2D eigenvalue weighted by molar-refractivity contribution is -0.142. The molecule has 0 saturated carbocycles. The molecule has 0 bridgehead atoms. The molecule has 0 saturated heterocycles. The third-order valence-electron chi connectivity index (χ3n) is 2.56. The highest BCUT2D eigenvalue weighted by Gasteiger charge is 2.19. The molecule has 0 radical (unpaired) electrons. The van der Waals surface area contributed by atoms with Crippen LogP contribution in [0.5, 0.6) is 0 Å². The molecule has 2 N–H and O–H groups in total. The zero-order chi connectivity index (χ0) is 16.0. The van der Waals surface area contributed by atoms with Gasteiger partial charge in [0.1, 0.15) is 12.5 Å². The van der Waals surface area contributed by atoms with Crippen molar-refractivity contribution in [2.24, 2.45) is 0 Å². The summed E-state index contributed by atoms with van der Waals surface area (Å²) in [4.78, 5) is 10.2. The van der Waals surface area contributed by atoms with Gasteiger partial charge in [0.05, 0.1) is 16.5 Å². The van der Waals surface area contributed by atoms with E-state index in [1.165, 1.54) is 12.1 Å². The normalized spacial score (nSPS) is 11.6. The van der Waals surface area contributed by atoms with Gasteiger partial charge in [0, 0.05) is 11.6 Å². The molecule has 6 nitrogen and oxygen atoms in total. The van der Waals surface area contributed by atoms with E-state index < -0.39 is 22.4 Å². The van der Waals surface area contributed by atoms with E-state index in [9.17, 15) is 13.2 Å². The summed E-state index contributed by atoms with van der Waals surface area (Å²) in [5.74, 6) is -1.41. The third kappa shape index (κ3) is 5.44. The van der Waals surface area contributed by atoms with Crippen LogP contribution >= 0.6 is 23.2 Å². The summed E-state index contributed by atoms with van der Waals surface area (Å²) in [6.45, 7) is 1.51. The molecule has 21 heavy (non-hydrogen) atoms. The number of benzene rings is 1. The van der Waals surface area contributed by atoms with Crippen LogP contribution < -0.4 is 5.32 Å². The molecule has 0 aliphatic carbocycles. The summed E-state index contributed by atoms with van der Waals surface area (Å²) < 4.78 is 29.0. The average Bonchev–Trinajstić information content (AvgIpc) is 2.39. The summed E-state index contributed by atoms with van der Waals surface area (Å²) in [6.07, 6.45) is 0. The van der Waals surface area contributed by atoms with Crippen molar-refractivity contribution in [2.45, 2.75) is 11.8 Å². The van der Waals surface area contributed by atoms with E-state index in [4.69, 9.17) is 33.0 Å². The minimum Gasteiger partial charge on any atom is -0.480 e. The summed E-state index contributed by atoms with van der Waals surface area (Å²) in [5.41, 5.74) is 0.504. The van der Waals surface area contributed by atoms with Crippen molar-refractivity contribution in [1.29, 1.82) is 0 Å². The van der Waals surface area contributed by atoms with E-state index in [-0.39, 0.29) is 28.9 Å². The highest BCUT2D eigenvalue weighted by Crippen LogP contribution is 2.30. The Morgan fingerprint density at radius 2 is 2.05 bits per heavy atom. The van der Waals surface area contributed by atoms with Gasteiger partial charge in [-0.15, -0.1) is 0 Å². The molecular weight excluding hydrogens is 341 g/mol. The van der Waals surface area contributed by atoms with Crippen LogP contribution in [0.2, 0.25) is 10.0 Å².